The summed E-state index contributed by atoms with van der Waals surface area (Å²) in [6, 6.07) is 2.42. The van der Waals surface area contributed by atoms with Crippen molar-refractivity contribution in [1.82, 2.24) is 10.0 Å². The lowest BCUT2D eigenvalue weighted by molar-refractivity contribution is 0.529. The van der Waals surface area contributed by atoms with Gasteiger partial charge in [0.25, 0.3) is 0 Å². The normalized spacial score (nSPS) is 17.4. The van der Waals surface area contributed by atoms with Gasteiger partial charge in [0.05, 0.1) is 0 Å². The zero-order valence-corrected chi connectivity index (χ0v) is 14.0. The topological polar surface area (TPSA) is 58.2 Å². The van der Waals surface area contributed by atoms with Crippen LogP contribution in [0.4, 0.5) is 0 Å². The molecular weight excluding hydrogens is 292 g/mol. The Kier molecular flexibility index (Phi) is 5.23. The van der Waals surface area contributed by atoms with Gasteiger partial charge in [-0.05, 0) is 37.3 Å². The van der Waals surface area contributed by atoms with Crippen LogP contribution in [0.25, 0.3) is 0 Å². The molecule has 1 fully saturated rings. The summed E-state index contributed by atoms with van der Waals surface area (Å²) in [7, 11) is -3.35. The van der Waals surface area contributed by atoms with Crippen molar-refractivity contribution in [2.45, 2.75) is 56.8 Å². The standard InChI is InChI=1S/C14H24N2O2S2/c1-4-10(2)8-16-20(17,18)14-7-11(3)13(19-14)9-15-12-5-6-12/h7,10,12,15-16H,4-6,8-9H2,1-3H3. The molecule has 20 heavy (non-hydrogen) atoms. The molecule has 0 spiro atoms. The van der Waals surface area contributed by atoms with E-state index < -0.39 is 10.0 Å². The van der Waals surface area contributed by atoms with Crippen molar-refractivity contribution in [2.75, 3.05) is 6.54 Å². The predicted octanol–water partition coefficient (Wildman–Crippen LogP) is 2.63. The molecule has 0 bridgehead atoms. The second-order valence-corrected chi connectivity index (χ2v) is 8.82. The summed E-state index contributed by atoms with van der Waals surface area (Å²) >= 11 is 1.38. The fourth-order valence-corrected chi connectivity index (χ4v) is 4.54. The molecule has 0 aliphatic heterocycles. The largest absolute Gasteiger partial charge is 0.309 e. The molecule has 2 rings (SSSR count). The van der Waals surface area contributed by atoms with Crippen LogP contribution in [0, 0.1) is 12.8 Å². The smallest absolute Gasteiger partial charge is 0.250 e. The summed E-state index contributed by atoms with van der Waals surface area (Å²) in [4.78, 5) is 1.13. The van der Waals surface area contributed by atoms with E-state index in [0.29, 0.717) is 22.7 Å². The monoisotopic (exact) mass is 316 g/mol. The molecule has 1 aliphatic rings. The molecule has 0 saturated heterocycles. The van der Waals surface area contributed by atoms with Crippen LogP contribution in [-0.4, -0.2) is 21.0 Å². The maximum Gasteiger partial charge on any atom is 0.250 e. The van der Waals surface area contributed by atoms with Crippen LogP contribution in [0.3, 0.4) is 0 Å². The average Bonchev–Trinajstić information content (AvgIpc) is 3.16. The van der Waals surface area contributed by atoms with Gasteiger partial charge < -0.3 is 5.32 Å². The van der Waals surface area contributed by atoms with Crippen LogP contribution in [0.15, 0.2) is 10.3 Å². The maximum atomic E-state index is 12.2. The third kappa shape index (κ3) is 4.28. The quantitative estimate of drug-likeness (QED) is 0.775. The van der Waals surface area contributed by atoms with E-state index >= 15 is 0 Å². The van der Waals surface area contributed by atoms with Gasteiger partial charge in [0, 0.05) is 24.0 Å². The minimum atomic E-state index is -3.35. The van der Waals surface area contributed by atoms with Gasteiger partial charge in [-0.25, -0.2) is 13.1 Å². The van der Waals surface area contributed by atoms with E-state index in [1.54, 1.807) is 6.07 Å². The van der Waals surface area contributed by atoms with Gasteiger partial charge in [-0.3, -0.25) is 0 Å². The lowest BCUT2D eigenvalue weighted by atomic mass is 10.1. The summed E-state index contributed by atoms with van der Waals surface area (Å²) in [6.07, 6.45) is 3.46. The van der Waals surface area contributed by atoms with Gasteiger partial charge in [0.2, 0.25) is 10.0 Å². The Morgan fingerprint density at radius 1 is 1.45 bits per heavy atom. The minimum Gasteiger partial charge on any atom is -0.309 e. The number of nitrogens with one attached hydrogen (secondary N) is 2. The van der Waals surface area contributed by atoms with Gasteiger partial charge in [0.15, 0.2) is 0 Å². The molecule has 2 N–H and O–H groups in total. The SMILES string of the molecule is CCC(C)CNS(=O)(=O)c1cc(C)c(CNC2CC2)s1. The Morgan fingerprint density at radius 3 is 2.75 bits per heavy atom. The fraction of sp³-hybridized carbons (Fsp3) is 0.714. The first-order valence-corrected chi connectivity index (χ1v) is 9.54. The van der Waals surface area contributed by atoms with Gasteiger partial charge >= 0.3 is 0 Å². The zero-order valence-electron chi connectivity index (χ0n) is 12.4. The first-order chi connectivity index (χ1) is 9.42. The van der Waals surface area contributed by atoms with E-state index in [9.17, 15) is 8.42 Å². The zero-order chi connectivity index (χ0) is 14.8. The summed E-state index contributed by atoms with van der Waals surface area (Å²) in [6.45, 7) is 7.38. The van der Waals surface area contributed by atoms with Crippen LogP contribution in [-0.2, 0) is 16.6 Å². The van der Waals surface area contributed by atoms with E-state index in [1.807, 2.05) is 13.8 Å². The Morgan fingerprint density at radius 2 is 2.15 bits per heavy atom. The second kappa shape index (κ2) is 6.56. The van der Waals surface area contributed by atoms with Crippen LogP contribution in [0.2, 0.25) is 0 Å². The first kappa shape index (κ1) is 15.9. The lowest BCUT2D eigenvalue weighted by Gasteiger charge is -2.09. The number of thiophene rings is 1. The molecule has 0 aromatic carbocycles. The van der Waals surface area contributed by atoms with Crippen molar-refractivity contribution >= 4 is 21.4 Å². The van der Waals surface area contributed by atoms with Crippen LogP contribution in [0.5, 0.6) is 0 Å². The molecule has 1 heterocycles. The molecule has 1 saturated carbocycles. The fourth-order valence-electron chi connectivity index (χ4n) is 1.79. The average molecular weight is 316 g/mol. The minimum absolute atomic E-state index is 0.363. The van der Waals surface area contributed by atoms with Gasteiger partial charge in [-0.1, -0.05) is 20.3 Å². The Hall–Kier alpha value is -0.430. The second-order valence-electron chi connectivity index (χ2n) is 5.69. The number of rotatable bonds is 8. The van der Waals surface area contributed by atoms with Crippen LogP contribution >= 0.6 is 11.3 Å². The van der Waals surface area contributed by atoms with Crippen molar-refractivity contribution in [3.8, 4) is 0 Å². The van der Waals surface area contributed by atoms with E-state index in [-0.39, 0.29) is 0 Å². The highest BCUT2D eigenvalue weighted by Gasteiger charge is 2.22. The Bertz CT molecular complexity index is 548. The summed E-state index contributed by atoms with van der Waals surface area (Å²) in [5.41, 5.74) is 1.06. The first-order valence-electron chi connectivity index (χ1n) is 7.24. The predicted molar refractivity (Wildman–Crippen MR) is 83.6 cm³/mol. The molecule has 1 aromatic heterocycles. The third-order valence-corrected chi connectivity index (χ3v) is 6.84. The highest BCUT2D eigenvalue weighted by molar-refractivity contribution is 7.91. The summed E-state index contributed by atoms with van der Waals surface area (Å²) in [5.74, 6) is 0.363. The third-order valence-electron chi connectivity index (χ3n) is 3.71. The summed E-state index contributed by atoms with van der Waals surface area (Å²) in [5, 5.41) is 3.43. The Labute approximate surface area is 126 Å². The van der Waals surface area contributed by atoms with Gasteiger partial charge in [-0.2, -0.15) is 0 Å². The molecule has 1 atom stereocenters. The molecule has 1 unspecified atom stereocenters. The van der Waals surface area contributed by atoms with Crippen molar-refractivity contribution < 1.29 is 8.42 Å². The van der Waals surface area contributed by atoms with E-state index in [0.717, 1.165) is 23.4 Å². The number of hydrogen-bond donors (Lipinski definition) is 2. The van der Waals surface area contributed by atoms with E-state index in [2.05, 4.69) is 17.0 Å². The van der Waals surface area contributed by atoms with Crippen LogP contribution in [0.1, 0.15) is 43.6 Å². The lowest BCUT2D eigenvalue weighted by Crippen LogP contribution is -2.27. The van der Waals surface area contributed by atoms with Gasteiger partial charge in [-0.15, -0.1) is 11.3 Å². The van der Waals surface area contributed by atoms with Crippen molar-refractivity contribution in [1.29, 1.82) is 0 Å². The number of aryl methyl sites for hydroxylation is 1. The molecule has 0 amide bonds. The number of hydrogen-bond acceptors (Lipinski definition) is 4. The molecule has 1 aromatic rings. The molecule has 0 radical (unpaired) electrons. The molecule has 114 valence electrons. The van der Waals surface area contributed by atoms with Crippen molar-refractivity contribution in [3.05, 3.63) is 16.5 Å². The number of sulfonamides is 1. The molecule has 1 aliphatic carbocycles. The summed E-state index contributed by atoms with van der Waals surface area (Å²) < 4.78 is 27.6. The highest BCUT2D eigenvalue weighted by Crippen LogP contribution is 2.27. The maximum absolute atomic E-state index is 12.2. The molecular formula is C14H24N2O2S2. The molecule has 4 nitrogen and oxygen atoms in total. The van der Waals surface area contributed by atoms with E-state index in [1.165, 1.54) is 24.2 Å². The van der Waals surface area contributed by atoms with Crippen molar-refractivity contribution in [2.24, 2.45) is 5.92 Å². The van der Waals surface area contributed by atoms with E-state index in [4.69, 9.17) is 0 Å². The highest BCUT2D eigenvalue weighted by atomic mass is 32.2. The van der Waals surface area contributed by atoms with Crippen molar-refractivity contribution in [3.63, 3.8) is 0 Å². The molecule has 6 heteroatoms. The van der Waals surface area contributed by atoms with Gasteiger partial charge in [0.1, 0.15) is 4.21 Å². The Balaban J connectivity index is 2.01. The van der Waals surface area contributed by atoms with Crippen LogP contribution < -0.4 is 10.0 Å².